The van der Waals surface area contributed by atoms with E-state index in [1.54, 1.807) is 0 Å². The highest BCUT2D eigenvalue weighted by molar-refractivity contribution is 6.34. The fourth-order valence-electron chi connectivity index (χ4n) is 0.356. The van der Waals surface area contributed by atoms with Crippen LogP contribution >= 0.6 is 23.2 Å². The Morgan fingerprint density at radius 2 is 0.643 bits per heavy atom. The molecule has 0 amide bonds. The summed E-state index contributed by atoms with van der Waals surface area (Å²) in [5.41, 5.74) is 0. The minimum Gasteiger partial charge on any atom is -0.210 e. The maximum Gasteiger partial charge on any atom is 0.441 e. The maximum atomic E-state index is 12.3. The molecular formula is C4Cl2F8. The van der Waals surface area contributed by atoms with Crippen molar-refractivity contribution in [3.05, 3.63) is 0 Å². The monoisotopic (exact) mass is 270 g/mol. The van der Waals surface area contributed by atoms with Gasteiger partial charge in [0, 0.05) is 0 Å². The van der Waals surface area contributed by atoms with E-state index in [2.05, 4.69) is 23.2 Å². The molecule has 0 aromatic carbocycles. The lowest BCUT2D eigenvalue weighted by Crippen LogP contribution is -2.57. The minimum atomic E-state index is -6.29. The average molecular weight is 271 g/mol. The van der Waals surface area contributed by atoms with Crippen LogP contribution in [0.5, 0.6) is 0 Å². The predicted octanol–water partition coefficient (Wildman–Crippen LogP) is 3.92. The summed E-state index contributed by atoms with van der Waals surface area (Å²) in [6.07, 6.45) is -12.6. The molecular weight excluding hydrogens is 271 g/mol. The first-order chi connectivity index (χ1) is 5.75. The Kier molecular flexibility index (Phi) is 3.27. The lowest BCUT2D eigenvalue weighted by atomic mass is 10.2. The van der Waals surface area contributed by atoms with Gasteiger partial charge in [0.1, 0.15) is 0 Å². The van der Waals surface area contributed by atoms with E-state index in [1.807, 2.05) is 0 Å². The van der Waals surface area contributed by atoms with E-state index in [4.69, 9.17) is 0 Å². The average Bonchev–Trinajstić information content (AvgIpc) is 1.81. The van der Waals surface area contributed by atoms with Crippen molar-refractivity contribution in [2.75, 3.05) is 0 Å². The van der Waals surface area contributed by atoms with Crippen molar-refractivity contribution in [3.8, 4) is 0 Å². The van der Waals surface area contributed by atoms with Crippen LogP contribution < -0.4 is 0 Å². The van der Waals surface area contributed by atoms with Crippen molar-refractivity contribution in [1.82, 2.24) is 0 Å². The summed E-state index contributed by atoms with van der Waals surface area (Å²) in [5, 5.41) is -11.5. The van der Waals surface area contributed by atoms with Crippen LogP contribution in [-0.2, 0) is 0 Å². The van der Waals surface area contributed by atoms with Crippen LogP contribution in [0, 0.1) is 0 Å². The van der Waals surface area contributed by atoms with Gasteiger partial charge in [-0.05, 0) is 0 Å². The van der Waals surface area contributed by atoms with Gasteiger partial charge in [-0.25, -0.2) is 8.78 Å². The van der Waals surface area contributed by atoms with E-state index in [0.29, 0.717) is 0 Å². The van der Waals surface area contributed by atoms with Crippen LogP contribution in [0.4, 0.5) is 35.1 Å². The second kappa shape index (κ2) is 3.26. The second-order valence-corrected chi connectivity index (χ2v) is 3.19. The van der Waals surface area contributed by atoms with Gasteiger partial charge < -0.3 is 0 Å². The van der Waals surface area contributed by atoms with Crippen LogP contribution in [0.2, 0.25) is 0 Å². The zero-order chi connectivity index (χ0) is 12.0. The molecule has 0 aromatic heterocycles. The SMILES string of the molecule is FC(F)(F)C(F)(Cl)C(F)(Cl)C(F)(F)F. The van der Waals surface area contributed by atoms with Crippen LogP contribution in [0.15, 0.2) is 0 Å². The molecule has 0 fully saturated rings. The second-order valence-electron chi connectivity index (χ2n) is 2.14. The van der Waals surface area contributed by atoms with Crippen molar-refractivity contribution >= 4 is 23.2 Å². The number of hydrogen-bond donors (Lipinski definition) is 0. The van der Waals surface area contributed by atoms with E-state index < -0.39 is 22.6 Å². The highest BCUT2D eigenvalue weighted by atomic mass is 35.5. The smallest absolute Gasteiger partial charge is 0.210 e. The standard InChI is InChI=1S/C4Cl2F8/c5-1(7,3(9,10)11)2(6,8)4(12,13)14. The first-order valence-electron chi connectivity index (χ1n) is 2.64. The summed E-state index contributed by atoms with van der Waals surface area (Å²) in [5.74, 6) is 0. The summed E-state index contributed by atoms with van der Waals surface area (Å²) in [7, 11) is 0. The molecule has 0 heterocycles. The zero-order valence-corrected chi connectivity index (χ0v) is 7.29. The van der Waals surface area contributed by atoms with Gasteiger partial charge in [0.15, 0.2) is 0 Å². The first-order valence-corrected chi connectivity index (χ1v) is 3.40. The molecule has 0 spiro atoms. The van der Waals surface area contributed by atoms with Gasteiger partial charge in [-0.15, -0.1) is 0 Å². The van der Waals surface area contributed by atoms with Crippen molar-refractivity contribution in [3.63, 3.8) is 0 Å². The molecule has 2 unspecified atom stereocenters. The molecule has 14 heavy (non-hydrogen) atoms. The van der Waals surface area contributed by atoms with Gasteiger partial charge in [-0.3, -0.25) is 0 Å². The summed E-state index contributed by atoms with van der Waals surface area (Å²) in [4.78, 5) is 0. The Bertz CT molecular complexity index is 188. The van der Waals surface area contributed by atoms with E-state index in [0.717, 1.165) is 0 Å². The summed E-state index contributed by atoms with van der Waals surface area (Å²) in [6.45, 7) is 0. The van der Waals surface area contributed by atoms with E-state index in [9.17, 15) is 35.1 Å². The molecule has 0 aromatic rings. The van der Waals surface area contributed by atoms with Crippen molar-refractivity contribution < 1.29 is 35.1 Å². The fraction of sp³-hybridized carbons (Fsp3) is 1.00. The van der Waals surface area contributed by atoms with Crippen LogP contribution in [-0.4, -0.2) is 22.6 Å². The maximum absolute atomic E-state index is 12.3. The Balaban J connectivity index is 5.30. The lowest BCUT2D eigenvalue weighted by Gasteiger charge is -2.32. The van der Waals surface area contributed by atoms with Gasteiger partial charge in [0.2, 0.25) is 0 Å². The Hall–Kier alpha value is 0.0200. The van der Waals surface area contributed by atoms with Gasteiger partial charge in [0.25, 0.3) is 0 Å². The third kappa shape index (κ3) is 2.00. The fourth-order valence-corrected chi connectivity index (χ4v) is 0.570. The normalized spacial score (nSPS) is 22.7. The van der Waals surface area contributed by atoms with E-state index >= 15 is 0 Å². The summed E-state index contributed by atoms with van der Waals surface area (Å²) in [6, 6.07) is 0. The third-order valence-corrected chi connectivity index (χ3v) is 2.15. The van der Waals surface area contributed by atoms with Crippen molar-refractivity contribution in [2.24, 2.45) is 0 Å². The number of rotatable bonds is 1. The molecule has 0 aliphatic rings. The predicted molar refractivity (Wildman–Crippen MR) is 31.5 cm³/mol. The Morgan fingerprint density at radius 3 is 0.714 bits per heavy atom. The largest absolute Gasteiger partial charge is 0.441 e. The van der Waals surface area contributed by atoms with Crippen molar-refractivity contribution in [1.29, 1.82) is 0 Å². The van der Waals surface area contributed by atoms with Crippen LogP contribution in [0.25, 0.3) is 0 Å². The highest BCUT2D eigenvalue weighted by Gasteiger charge is 2.79. The first kappa shape index (κ1) is 14.0. The lowest BCUT2D eigenvalue weighted by molar-refractivity contribution is -0.289. The van der Waals surface area contributed by atoms with Gasteiger partial charge >= 0.3 is 22.6 Å². The summed E-state index contributed by atoms with van der Waals surface area (Å²) >= 11 is 7.54. The number of alkyl halides is 10. The van der Waals surface area contributed by atoms with Gasteiger partial charge in [0.05, 0.1) is 0 Å². The minimum absolute atomic E-state index is 3.77. The molecule has 0 nitrogen and oxygen atoms in total. The van der Waals surface area contributed by atoms with Gasteiger partial charge in [-0.1, -0.05) is 23.2 Å². The number of halogens is 10. The Labute approximate surface area is 81.8 Å². The summed E-state index contributed by atoms with van der Waals surface area (Å²) < 4.78 is 93.7. The third-order valence-electron chi connectivity index (χ3n) is 1.11. The number of hydrogen-bond acceptors (Lipinski definition) is 0. The Morgan fingerprint density at radius 1 is 0.500 bits per heavy atom. The van der Waals surface area contributed by atoms with E-state index in [-0.39, 0.29) is 0 Å². The molecule has 0 radical (unpaired) electrons. The topological polar surface area (TPSA) is 0 Å². The van der Waals surface area contributed by atoms with Crippen LogP contribution in [0.1, 0.15) is 0 Å². The quantitative estimate of drug-likeness (QED) is 0.501. The molecule has 0 bridgehead atoms. The molecule has 0 saturated heterocycles. The molecule has 0 rings (SSSR count). The molecule has 0 saturated carbocycles. The molecule has 0 aliphatic heterocycles. The van der Waals surface area contributed by atoms with Gasteiger partial charge in [-0.2, -0.15) is 26.3 Å². The molecule has 86 valence electrons. The molecule has 2 atom stereocenters. The molecule has 10 heteroatoms. The van der Waals surface area contributed by atoms with E-state index in [1.165, 1.54) is 0 Å². The molecule has 0 aliphatic carbocycles. The highest BCUT2D eigenvalue weighted by Crippen LogP contribution is 2.56. The molecule has 0 N–H and O–H groups in total. The van der Waals surface area contributed by atoms with Crippen LogP contribution in [0.3, 0.4) is 0 Å². The van der Waals surface area contributed by atoms with Crippen molar-refractivity contribution in [2.45, 2.75) is 22.6 Å². The zero-order valence-electron chi connectivity index (χ0n) is 5.78.